The maximum Gasteiger partial charge on any atom is 0.416 e. The van der Waals surface area contributed by atoms with Crippen molar-refractivity contribution in [2.45, 2.75) is 26.1 Å². The molecule has 118 valence electrons. The topological polar surface area (TPSA) is 41.1 Å². The van der Waals surface area contributed by atoms with E-state index in [1.807, 2.05) is 13.8 Å². The number of thioether (sulfide) groups is 1. The first-order valence-corrected chi connectivity index (χ1v) is 7.72. The second-order valence-corrected chi connectivity index (χ2v) is 5.86. The molecule has 1 unspecified atom stereocenters. The highest BCUT2D eigenvalue weighted by molar-refractivity contribution is 7.99. The number of benzene rings is 1. The van der Waals surface area contributed by atoms with E-state index < -0.39 is 17.6 Å². The molecular weight excluding hydrogens is 301 g/mol. The van der Waals surface area contributed by atoms with E-state index in [0.717, 1.165) is 23.6 Å². The summed E-state index contributed by atoms with van der Waals surface area (Å²) in [7, 11) is 1.57. The van der Waals surface area contributed by atoms with Gasteiger partial charge in [-0.1, -0.05) is 6.92 Å². The third-order valence-electron chi connectivity index (χ3n) is 2.81. The Morgan fingerprint density at radius 1 is 1.38 bits per heavy atom. The van der Waals surface area contributed by atoms with Crippen LogP contribution < -0.4 is 10.6 Å². The average molecular weight is 320 g/mol. The maximum atomic E-state index is 12.7. The third-order valence-corrected chi connectivity index (χ3v) is 3.95. The van der Waals surface area contributed by atoms with Gasteiger partial charge in [0.1, 0.15) is 0 Å². The lowest BCUT2D eigenvalue weighted by molar-refractivity contribution is -0.137. The van der Waals surface area contributed by atoms with Crippen LogP contribution in [0.3, 0.4) is 0 Å². The summed E-state index contributed by atoms with van der Waals surface area (Å²) in [6.07, 6.45) is -4.47. The van der Waals surface area contributed by atoms with Crippen molar-refractivity contribution in [3.8, 4) is 0 Å². The predicted molar refractivity (Wildman–Crippen MR) is 80.9 cm³/mol. The highest BCUT2D eigenvalue weighted by Gasteiger charge is 2.31. The summed E-state index contributed by atoms with van der Waals surface area (Å²) in [5.74, 6) is 1.14. The van der Waals surface area contributed by atoms with Gasteiger partial charge >= 0.3 is 6.18 Å². The number of nitrogens with one attached hydrogen (secondary N) is 2. The second kappa shape index (κ2) is 7.59. The van der Waals surface area contributed by atoms with Crippen LogP contribution in [-0.2, 0) is 6.18 Å². The fourth-order valence-corrected chi connectivity index (χ4v) is 2.44. The number of amides is 1. The molecule has 1 aromatic rings. The molecule has 0 aliphatic carbocycles. The van der Waals surface area contributed by atoms with Gasteiger partial charge in [-0.3, -0.25) is 4.79 Å². The largest absolute Gasteiger partial charge is 0.416 e. The maximum absolute atomic E-state index is 12.7. The number of rotatable bonds is 6. The van der Waals surface area contributed by atoms with Crippen LogP contribution in [0.4, 0.5) is 18.9 Å². The van der Waals surface area contributed by atoms with Crippen molar-refractivity contribution >= 4 is 23.4 Å². The van der Waals surface area contributed by atoms with Crippen LogP contribution in [0.15, 0.2) is 18.2 Å². The first-order valence-electron chi connectivity index (χ1n) is 6.57. The number of carbonyl (C=O) groups is 1. The average Bonchev–Trinajstić information content (AvgIpc) is 2.43. The van der Waals surface area contributed by atoms with Gasteiger partial charge in [-0.05, 0) is 30.9 Å². The summed E-state index contributed by atoms with van der Waals surface area (Å²) in [6, 6.07) is 2.99. The fraction of sp³-hybridized carbons (Fsp3) is 0.500. The molecule has 2 N–H and O–H groups in total. The van der Waals surface area contributed by atoms with Crippen molar-refractivity contribution in [3.63, 3.8) is 0 Å². The molecule has 21 heavy (non-hydrogen) atoms. The van der Waals surface area contributed by atoms with E-state index in [-0.39, 0.29) is 11.6 Å². The van der Waals surface area contributed by atoms with Gasteiger partial charge < -0.3 is 10.6 Å². The molecule has 0 aliphatic heterocycles. The van der Waals surface area contributed by atoms with E-state index in [2.05, 4.69) is 10.6 Å². The normalized spacial score (nSPS) is 12.9. The highest BCUT2D eigenvalue weighted by atomic mass is 32.2. The molecular formula is C14H19F3N2OS. The number of carbonyl (C=O) groups excluding carboxylic acids is 1. The lowest BCUT2D eigenvalue weighted by atomic mass is 10.1. The zero-order valence-corrected chi connectivity index (χ0v) is 13.0. The number of alkyl halides is 3. The van der Waals surface area contributed by atoms with Crippen LogP contribution in [0.2, 0.25) is 0 Å². The van der Waals surface area contributed by atoms with Crippen LogP contribution in [0, 0.1) is 0 Å². The van der Waals surface area contributed by atoms with Crippen LogP contribution in [-0.4, -0.2) is 30.5 Å². The molecule has 0 saturated carbocycles. The summed E-state index contributed by atoms with van der Waals surface area (Å²) in [5, 5.41) is 5.46. The minimum Gasteiger partial charge on any atom is -0.387 e. The molecule has 0 aliphatic rings. The zero-order chi connectivity index (χ0) is 16.0. The lowest BCUT2D eigenvalue weighted by Gasteiger charge is -2.16. The second-order valence-electron chi connectivity index (χ2n) is 4.54. The molecule has 0 radical (unpaired) electrons. The molecule has 1 atom stereocenters. The van der Waals surface area contributed by atoms with Gasteiger partial charge in [0.05, 0.1) is 11.1 Å². The van der Waals surface area contributed by atoms with Crippen molar-refractivity contribution in [1.29, 1.82) is 0 Å². The molecule has 3 nitrogen and oxygen atoms in total. The predicted octanol–water partition coefficient (Wildman–Crippen LogP) is 3.62. The Bertz CT molecular complexity index is 492. The highest BCUT2D eigenvalue weighted by Crippen LogP contribution is 2.31. The Labute approximate surface area is 126 Å². The Kier molecular flexibility index (Phi) is 6.39. The van der Waals surface area contributed by atoms with Crippen molar-refractivity contribution in [3.05, 3.63) is 29.3 Å². The summed E-state index contributed by atoms with van der Waals surface area (Å²) >= 11 is 1.66. The molecule has 0 saturated heterocycles. The van der Waals surface area contributed by atoms with Gasteiger partial charge in [-0.15, -0.1) is 0 Å². The Morgan fingerprint density at radius 3 is 2.57 bits per heavy atom. The lowest BCUT2D eigenvalue weighted by Crippen LogP contribution is -2.34. The first-order chi connectivity index (χ1) is 9.79. The number of hydrogen-bond donors (Lipinski definition) is 2. The Balaban J connectivity index is 2.96. The van der Waals surface area contributed by atoms with E-state index in [0.29, 0.717) is 5.69 Å². The van der Waals surface area contributed by atoms with Crippen molar-refractivity contribution < 1.29 is 18.0 Å². The molecule has 1 aromatic carbocycles. The molecule has 7 heteroatoms. The smallest absolute Gasteiger partial charge is 0.387 e. The van der Waals surface area contributed by atoms with E-state index in [9.17, 15) is 18.0 Å². The van der Waals surface area contributed by atoms with Gasteiger partial charge in [0.2, 0.25) is 0 Å². The molecule has 0 spiro atoms. The molecule has 0 bridgehead atoms. The van der Waals surface area contributed by atoms with Crippen molar-refractivity contribution in [2.24, 2.45) is 0 Å². The first kappa shape index (κ1) is 17.7. The van der Waals surface area contributed by atoms with Crippen LogP contribution in [0.1, 0.15) is 29.8 Å². The standard InChI is InChI=1S/C14H19F3N2OS/c1-4-21-8-9(2)19-13(20)11-7-10(14(15,16)17)5-6-12(11)18-3/h5-7,9,18H,4,8H2,1-3H3,(H,19,20). The van der Waals surface area contributed by atoms with Crippen LogP contribution in [0.25, 0.3) is 0 Å². The number of halogens is 3. The molecule has 1 amide bonds. The molecule has 0 aromatic heterocycles. The molecule has 1 rings (SSSR count). The summed E-state index contributed by atoms with van der Waals surface area (Å²) in [5.41, 5.74) is -0.459. The third kappa shape index (κ3) is 5.15. The fourth-order valence-electron chi connectivity index (χ4n) is 1.76. The van der Waals surface area contributed by atoms with Gasteiger partial charge in [0.25, 0.3) is 5.91 Å². The van der Waals surface area contributed by atoms with Crippen molar-refractivity contribution in [1.82, 2.24) is 5.32 Å². The van der Waals surface area contributed by atoms with E-state index in [4.69, 9.17) is 0 Å². The summed E-state index contributed by atoms with van der Waals surface area (Å²) < 4.78 is 38.2. The minimum atomic E-state index is -4.47. The molecule has 0 heterocycles. The molecule has 0 fully saturated rings. The quantitative estimate of drug-likeness (QED) is 0.841. The van der Waals surface area contributed by atoms with E-state index in [1.54, 1.807) is 18.8 Å². The van der Waals surface area contributed by atoms with Crippen LogP contribution >= 0.6 is 11.8 Å². The monoisotopic (exact) mass is 320 g/mol. The number of anilines is 1. The number of hydrogen-bond acceptors (Lipinski definition) is 3. The Morgan fingerprint density at radius 2 is 2.05 bits per heavy atom. The SMILES string of the molecule is CCSCC(C)NC(=O)c1cc(C(F)(F)F)ccc1NC. The van der Waals surface area contributed by atoms with E-state index in [1.165, 1.54) is 6.07 Å². The summed E-state index contributed by atoms with van der Waals surface area (Å²) in [6.45, 7) is 3.83. The van der Waals surface area contributed by atoms with Gasteiger partial charge in [-0.25, -0.2) is 0 Å². The van der Waals surface area contributed by atoms with Gasteiger partial charge in [0.15, 0.2) is 0 Å². The van der Waals surface area contributed by atoms with Crippen LogP contribution in [0.5, 0.6) is 0 Å². The van der Waals surface area contributed by atoms with E-state index >= 15 is 0 Å². The van der Waals surface area contributed by atoms with Gasteiger partial charge in [-0.2, -0.15) is 24.9 Å². The van der Waals surface area contributed by atoms with Gasteiger partial charge in [0, 0.05) is 24.5 Å². The zero-order valence-electron chi connectivity index (χ0n) is 12.2. The van der Waals surface area contributed by atoms with Crippen molar-refractivity contribution in [2.75, 3.05) is 23.9 Å². The summed E-state index contributed by atoms with van der Waals surface area (Å²) in [4.78, 5) is 12.1. The Hall–Kier alpha value is -1.37. The minimum absolute atomic E-state index is 0.000624.